The molecule has 1 saturated heterocycles. The van der Waals surface area contributed by atoms with E-state index >= 15 is 0 Å². The summed E-state index contributed by atoms with van der Waals surface area (Å²) in [6, 6.07) is 15.5. The van der Waals surface area contributed by atoms with E-state index in [0.29, 0.717) is 12.8 Å². The predicted molar refractivity (Wildman–Crippen MR) is 101 cm³/mol. The first-order valence-corrected chi connectivity index (χ1v) is 9.93. The Hall–Kier alpha value is -2.38. The van der Waals surface area contributed by atoms with Crippen LogP contribution in [0.15, 0.2) is 53.4 Å². The van der Waals surface area contributed by atoms with Gasteiger partial charge in [-0.2, -0.15) is 0 Å². The molecule has 1 aromatic heterocycles. The Kier molecular flexibility index (Phi) is 3.55. The van der Waals surface area contributed by atoms with Gasteiger partial charge in [-0.1, -0.05) is 36.0 Å². The van der Waals surface area contributed by atoms with Gasteiger partial charge in [-0.3, -0.25) is 9.69 Å². The highest BCUT2D eigenvalue weighted by atomic mass is 32.2. The van der Waals surface area contributed by atoms with E-state index in [0.717, 1.165) is 25.8 Å². The van der Waals surface area contributed by atoms with Crippen LogP contribution in [0.3, 0.4) is 0 Å². The highest BCUT2D eigenvalue weighted by molar-refractivity contribution is 8.02. The van der Waals surface area contributed by atoms with Crippen molar-refractivity contribution >= 4 is 50.9 Å². The molecule has 5 nitrogen and oxygen atoms in total. The van der Waals surface area contributed by atoms with Crippen LogP contribution >= 0.6 is 23.1 Å². The van der Waals surface area contributed by atoms with Gasteiger partial charge in [-0.15, -0.1) is 11.3 Å². The van der Waals surface area contributed by atoms with Crippen molar-refractivity contribution in [3.8, 4) is 0 Å². The molecule has 1 amide bonds. The third kappa shape index (κ3) is 2.27. The second kappa shape index (κ2) is 5.82. The van der Waals surface area contributed by atoms with Crippen molar-refractivity contribution in [3.05, 3.63) is 53.5 Å². The quantitative estimate of drug-likeness (QED) is 0.642. The van der Waals surface area contributed by atoms with Crippen molar-refractivity contribution in [2.24, 2.45) is 0 Å². The van der Waals surface area contributed by atoms with Crippen molar-refractivity contribution in [3.63, 3.8) is 0 Å². The Balaban J connectivity index is 1.40. The van der Waals surface area contributed by atoms with Crippen LogP contribution in [0.5, 0.6) is 0 Å². The van der Waals surface area contributed by atoms with E-state index in [-0.39, 0.29) is 18.5 Å². The molecule has 2 aliphatic rings. The molecule has 0 aliphatic carbocycles. The fourth-order valence-corrected chi connectivity index (χ4v) is 5.79. The van der Waals surface area contributed by atoms with E-state index in [4.69, 9.17) is 4.74 Å². The van der Waals surface area contributed by atoms with Gasteiger partial charge in [0, 0.05) is 17.7 Å². The number of amides is 1. The molecule has 130 valence electrons. The average molecular weight is 382 g/mol. The maximum atomic E-state index is 13.0. The Bertz CT molecular complexity index is 1010. The summed E-state index contributed by atoms with van der Waals surface area (Å²) < 4.78 is 6.69. The maximum absolute atomic E-state index is 13.0. The number of rotatable bonds is 3. The number of benzene rings is 2. The summed E-state index contributed by atoms with van der Waals surface area (Å²) in [6.07, 6.45) is 0.821. The summed E-state index contributed by atoms with van der Waals surface area (Å²) in [7, 11) is 0. The largest absolute Gasteiger partial charge is 0.456 e. The van der Waals surface area contributed by atoms with Crippen LogP contribution in [-0.4, -0.2) is 21.7 Å². The summed E-state index contributed by atoms with van der Waals surface area (Å²) in [5, 5.41) is 0.757. The predicted octanol–water partition coefficient (Wildman–Crippen LogP) is 3.97. The molecule has 7 heteroatoms. The number of para-hydroxylation sites is 2. The number of hydrogen-bond acceptors (Lipinski definition) is 6. The Labute approximate surface area is 158 Å². The molecule has 0 N–H and O–H groups in total. The minimum atomic E-state index is -0.975. The molecule has 2 aliphatic heterocycles. The first kappa shape index (κ1) is 15.8. The normalized spacial score (nSPS) is 21.1. The number of carbonyl (C=O) groups is 2. The van der Waals surface area contributed by atoms with Gasteiger partial charge in [0.15, 0.2) is 4.87 Å². The molecule has 1 fully saturated rings. The molecule has 0 spiro atoms. The lowest BCUT2D eigenvalue weighted by Gasteiger charge is -2.28. The monoisotopic (exact) mass is 382 g/mol. The molecule has 26 heavy (non-hydrogen) atoms. The number of ether oxygens (including phenoxy) is 1. The van der Waals surface area contributed by atoms with Gasteiger partial charge in [-0.05, 0) is 24.3 Å². The molecule has 0 unspecified atom stereocenters. The van der Waals surface area contributed by atoms with Crippen LogP contribution in [0.2, 0.25) is 0 Å². The fourth-order valence-electron chi connectivity index (χ4n) is 3.49. The second-order valence-corrected chi connectivity index (χ2v) is 8.67. The van der Waals surface area contributed by atoms with E-state index in [1.165, 1.54) is 23.1 Å². The van der Waals surface area contributed by atoms with Gasteiger partial charge in [0.1, 0.15) is 11.6 Å². The Morgan fingerprint density at radius 3 is 2.88 bits per heavy atom. The number of nitrogens with zero attached hydrogens (tertiary/aromatic N) is 2. The van der Waals surface area contributed by atoms with Crippen LogP contribution in [0, 0.1) is 0 Å². The summed E-state index contributed by atoms with van der Waals surface area (Å²) >= 11 is 2.94. The second-order valence-electron chi connectivity index (χ2n) is 6.23. The first-order valence-electron chi connectivity index (χ1n) is 8.30. The SMILES string of the molecule is O=C1CC[C@@]2(C(=O)OCc3nc4ccccc4s3)Sc3ccccc3N12. The van der Waals surface area contributed by atoms with Gasteiger partial charge < -0.3 is 4.74 Å². The van der Waals surface area contributed by atoms with Gasteiger partial charge in [0.2, 0.25) is 5.91 Å². The summed E-state index contributed by atoms with van der Waals surface area (Å²) in [4.78, 5) is 31.5. The van der Waals surface area contributed by atoms with E-state index in [2.05, 4.69) is 4.98 Å². The van der Waals surface area contributed by atoms with Crippen molar-refractivity contribution in [2.75, 3.05) is 4.90 Å². The number of aromatic nitrogens is 1. The number of thioether (sulfide) groups is 1. The number of esters is 1. The van der Waals surface area contributed by atoms with E-state index < -0.39 is 4.87 Å². The van der Waals surface area contributed by atoms with Crippen molar-refractivity contribution in [1.82, 2.24) is 4.98 Å². The first-order chi connectivity index (χ1) is 12.7. The Morgan fingerprint density at radius 1 is 1.19 bits per heavy atom. The van der Waals surface area contributed by atoms with Crippen LogP contribution < -0.4 is 4.90 Å². The fraction of sp³-hybridized carbons (Fsp3) is 0.211. The number of thiazole rings is 1. The third-order valence-electron chi connectivity index (χ3n) is 4.66. The molecule has 3 heterocycles. The van der Waals surface area contributed by atoms with Gasteiger partial charge in [0.25, 0.3) is 0 Å². The van der Waals surface area contributed by atoms with Gasteiger partial charge in [0.05, 0.1) is 15.9 Å². The molecule has 0 bridgehead atoms. The lowest BCUT2D eigenvalue weighted by molar-refractivity contribution is -0.148. The van der Waals surface area contributed by atoms with Gasteiger partial charge >= 0.3 is 5.97 Å². The molecule has 0 saturated carbocycles. The van der Waals surface area contributed by atoms with Crippen LogP contribution in [0.1, 0.15) is 17.8 Å². The van der Waals surface area contributed by atoms with Crippen molar-refractivity contribution in [2.45, 2.75) is 29.2 Å². The molecular weight excluding hydrogens is 368 g/mol. The smallest absolute Gasteiger partial charge is 0.343 e. The maximum Gasteiger partial charge on any atom is 0.343 e. The zero-order valence-electron chi connectivity index (χ0n) is 13.7. The highest BCUT2D eigenvalue weighted by Crippen LogP contribution is 2.56. The molecule has 5 rings (SSSR count). The summed E-state index contributed by atoms with van der Waals surface area (Å²) in [5.41, 5.74) is 1.71. The molecule has 1 atom stereocenters. The topological polar surface area (TPSA) is 59.5 Å². The molecular formula is C19H14N2O3S2. The standard InChI is InChI=1S/C19H14N2O3S2/c22-17-9-10-19(21(17)13-6-2-4-8-15(13)26-19)18(23)24-11-16-20-12-5-1-3-7-14(12)25-16/h1-8H,9-11H2/t19-/m0/s1. The lowest BCUT2D eigenvalue weighted by Crippen LogP contribution is -2.47. The number of anilines is 1. The minimum absolute atomic E-state index is 0.0283. The van der Waals surface area contributed by atoms with Crippen LogP contribution in [-0.2, 0) is 20.9 Å². The zero-order valence-corrected chi connectivity index (χ0v) is 15.3. The van der Waals surface area contributed by atoms with Crippen molar-refractivity contribution in [1.29, 1.82) is 0 Å². The third-order valence-corrected chi connectivity index (χ3v) is 7.12. The number of fused-ring (bicyclic) bond motifs is 4. The zero-order chi connectivity index (χ0) is 17.7. The van der Waals surface area contributed by atoms with E-state index in [9.17, 15) is 9.59 Å². The number of carbonyl (C=O) groups excluding carboxylic acids is 2. The molecule has 2 aromatic carbocycles. The van der Waals surface area contributed by atoms with Gasteiger partial charge in [-0.25, -0.2) is 9.78 Å². The molecule has 0 radical (unpaired) electrons. The average Bonchev–Trinajstić information content (AvgIpc) is 3.31. The number of hydrogen-bond donors (Lipinski definition) is 0. The van der Waals surface area contributed by atoms with Crippen molar-refractivity contribution < 1.29 is 14.3 Å². The highest BCUT2D eigenvalue weighted by Gasteiger charge is 2.58. The van der Waals surface area contributed by atoms with Crippen LogP contribution in [0.4, 0.5) is 5.69 Å². The summed E-state index contributed by atoms with van der Waals surface area (Å²) in [6.45, 7) is 0.124. The minimum Gasteiger partial charge on any atom is -0.456 e. The van der Waals surface area contributed by atoms with E-state index in [1.807, 2.05) is 48.5 Å². The van der Waals surface area contributed by atoms with Crippen LogP contribution in [0.25, 0.3) is 10.2 Å². The molecule has 3 aromatic rings. The summed E-state index contributed by atoms with van der Waals surface area (Å²) in [5.74, 6) is -0.400. The Morgan fingerprint density at radius 2 is 2.00 bits per heavy atom. The van der Waals surface area contributed by atoms with E-state index in [1.54, 1.807) is 4.90 Å². The lowest BCUT2D eigenvalue weighted by atomic mass is 10.2.